The summed E-state index contributed by atoms with van der Waals surface area (Å²) in [6.45, 7) is 0.284. The molecule has 1 aliphatic rings. The van der Waals surface area contributed by atoms with Crippen LogP contribution in [0.15, 0.2) is 36.7 Å². The van der Waals surface area contributed by atoms with E-state index >= 15 is 0 Å². The number of aryl methyl sites for hydroxylation is 1. The normalized spacial score (nSPS) is 19.8. The van der Waals surface area contributed by atoms with Gasteiger partial charge in [-0.05, 0) is 24.0 Å². The third-order valence-corrected chi connectivity index (χ3v) is 4.01. The fraction of sp³-hybridized carbons (Fsp3) is 0.375. The van der Waals surface area contributed by atoms with E-state index in [1.54, 1.807) is 29.1 Å². The number of hydrogen-bond acceptors (Lipinski definition) is 3. The minimum Gasteiger partial charge on any atom is -0.405 e. The minimum absolute atomic E-state index is 0.190. The summed E-state index contributed by atoms with van der Waals surface area (Å²) in [5.41, 5.74) is 0.409. The number of aromatic nitrogens is 2. The maximum Gasteiger partial charge on any atom is 0.573 e. The SMILES string of the molecule is Cn1ccnc1CNC(=O)[C@H]1C[C@H]1c1ccccc1OC(F)(F)F. The third-order valence-electron chi connectivity index (χ3n) is 4.01. The smallest absolute Gasteiger partial charge is 0.405 e. The molecule has 1 N–H and O–H groups in total. The highest BCUT2D eigenvalue weighted by Crippen LogP contribution is 2.51. The van der Waals surface area contributed by atoms with Crippen LogP contribution in [0.5, 0.6) is 5.75 Å². The lowest BCUT2D eigenvalue weighted by molar-refractivity contribution is -0.274. The Kier molecular flexibility index (Phi) is 4.21. The summed E-state index contributed by atoms with van der Waals surface area (Å²) in [4.78, 5) is 16.3. The second-order valence-corrected chi connectivity index (χ2v) is 5.71. The minimum atomic E-state index is -4.75. The first-order valence-corrected chi connectivity index (χ1v) is 7.44. The Morgan fingerprint density at radius 1 is 1.42 bits per heavy atom. The van der Waals surface area contributed by atoms with Crippen molar-refractivity contribution in [3.8, 4) is 5.75 Å². The van der Waals surface area contributed by atoms with Crippen LogP contribution in [0, 0.1) is 5.92 Å². The molecule has 1 heterocycles. The van der Waals surface area contributed by atoms with Crippen molar-refractivity contribution in [1.82, 2.24) is 14.9 Å². The number of para-hydroxylation sites is 1. The van der Waals surface area contributed by atoms with Gasteiger partial charge in [0.15, 0.2) is 0 Å². The number of carbonyl (C=O) groups is 1. The molecular weight excluding hydrogens is 323 g/mol. The molecular formula is C16H16F3N3O2. The number of halogens is 3. The van der Waals surface area contributed by atoms with Gasteiger partial charge in [0.25, 0.3) is 0 Å². The quantitative estimate of drug-likeness (QED) is 0.911. The number of hydrogen-bond donors (Lipinski definition) is 1. The summed E-state index contributed by atoms with van der Waals surface area (Å²) < 4.78 is 43.2. The van der Waals surface area contributed by atoms with E-state index in [-0.39, 0.29) is 30.0 Å². The molecule has 1 aromatic carbocycles. The molecule has 1 saturated carbocycles. The van der Waals surface area contributed by atoms with Gasteiger partial charge in [-0.1, -0.05) is 18.2 Å². The standard InChI is InChI=1S/C16H16F3N3O2/c1-22-7-6-20-14(22)9-21-15(23)12-8-11(12)10-4-2-3-5-13(10)24-16(17,18)19/h2-7,11-12H,8-9H2,1H3,(H,21,23)/t11-,12-/m0/s1. The molecule has 1 aliphatic carbocycles. The van der Waals surface area contributed by atoms with E-state index < -0.39 is 6.36 Å². The average Bonchev–Trinajstić information content (AvgIpc) is 3.20. The Morgan fingerprint density at radius 2 is 2.17 bits per heavy atom. The van der Waals surface area contributed by atoms with Crippen LogP contribution < -0.4 is 10.1 Å². The number of carbonyl (C=O) groups excluding carboxylic acids is 1. The van der Waals surface area contributed by atoms with Gasteiger partial charge < -0.3 is 14.6 Å². The molecule has 0 spiro atoms. The first kappa shape index (κ1) is 16.4. The largest absolute Gasteiger partial charge is 0.573 e. The van der Waals surface area contributed by atoms with Gasteiger partial charge in [0.2, 0.25) is 5.91 Å². The van der Waals surface area contributed by atoms with Crippen molar-refractivity contribution in [3.05, 3.63) is 48.0 Å². The number of nitrogens with one attached hydrogen (secondary N) is 1. The van der Waals surface area contributed by atoms with Crippen LogP contribution >= 0.6 is 0 Å². The summed E-state index contributed by atoms with van der Waals surface area (Å²) in [5.74, 6) is -0.325. The molecule has 0 saturated heterocycles. The van der Waals surface area contributed by atoms with Crippen LogP contribution in [0.1, 0.15) is 23.7 Å². The zero-order valence-corrected chi connectivity index (χ0v) is 12.9. The second kappa shape index (κ2) is 6.18. The van der Waals surface area contributed by atoms with E-state index in [4.69, 9.17) is 0 Å². The summed E-state index contributed by atoms with van der Waals surface area (Å²) in [6.07, 6.45) is -0.843. The van der Waals surface area contributed by atoms with Crippen molar-refractivity contribution in [3.63, 3.8) is 0 Å². The Balaban J connectivity index is 1.63. The number of benzene rings is 1. The lowest BCUT2D eigenvalue weighted by Crippen LogP contribution is -2.26. The van der Waals surface area contributed by atoms with Gasteiger partial charge in [0.1, 0.15) is 11.6 Å². The van der Waals surface area contributed by atoms with Gasteiger partial charge in [-0.25, -0.2) is 4.98 Å². The number of amides is 1. The fourth-order valence-electron chi connectivity index (χ4n) is 2.70. The molecule has 1 aromatic heterocycles. The summed E-state index contributed by atoms with van der Waals surface area (Å²) in [5, 5.41) is 2.77. The Bertz CT molecular complexity index is 742. The van der Waals surface area contributed by atoms with Crippen LogP contribution in [0.25, 0.3) is 0 Å². The van der Waals surface area contributed by atoms with Crippen molar-refractivity contribution in [2.75, 3.05) is 0 Å². The molecule has 5 nitrogen and oxygen atoms in total. The van der Waals surface area contributed by atoms with Gasteiger partial charge in [-0.2, -0.15) is 0 Å². The summed E-state index contributed by atoms with van der Waals surface area (Å²) >= 11 is 0. The highest BCUT2D eigenvalue weighted by Gasteiger charge is 2.46. The predicted octanol–water partition coefficient (Wildman–Crippen LogP) is 2.74. The highest BCUT2D eigenvalue weighted by molar-refractivity contribution is 5.83. The van der Waals surface area contributed by atoms with Crippen molar-refractivity contribution in [2.45, 2.75) is 25.2 Å². The lowest BCUT2D eigenvalue weighted by atomic mass is 10.1. The topological polar surface area (TPSA) is 56.2 Å². The number of nitrogens with zero attached hydrogens (tertiary/aromatic N) is 2. The Morgan fingerprint density at radius 3 is 2.83 bits per heavy atom. The molecule has 128 valence electrons. The van der Waals surface area contributed by atoms with E-state index in [2.05, 4.69) is 15.0 Å². The molecule has 1 amide bonds. The van der Waals surface area contributed by atoms with Gasteiger partial charge in [0, 0.05) is 25.4 Å². The zero-order chi connectivity index (χ0) is 17.3. The Labute approximate surface area is 136 Å². The van der Waals surface area contributed by atoms with Crippen LogP contribution in [0.3, 0.4) is 0 Å². The van der Waals surface area contributed by atoms with Crippen molar-refractivity contribution in [2.24, 2.45) is 13.0 Å². The average molecular weight is 339 g/mol. The van der Waals surface area contributed by atoms with Gasteiger partial charge in [0.05, 0.1) is 6.54 Å². The number of imidazole rings is 1. The first-order chi connectivity index (χ1) is 11.3. The van der Waals surface area contributed by atoms with E-state index in [1.807, 2.05) is 7.05 Å². The number of rotatable bonds is 5. The number of ether oxygens (including phenoxy) is 1. The zero-order valence-electron chi connectivity index (χ0n) is 12.9. The maximum atomic E-state index is 12.5. The number of alkyl halides is 3. The Hall–Kier alpha value is -2.51. The van der Waals surface area contributed by atoms with E-state index in [0.717, 1.165) is 0 Å². The molecule has 2 aromatic rings. The first-order valence-electron chi connectivity index (χ1n) is 7.44. The fourth-order valence-corrected chi connectivity index (χ4v) is 2.70. The van der Waals surface area contributed by atoms with Crippen molar-refractivity contribution in [1.29, 1.82) is 0 Å². The van der Waals surface area contributed by atoms with Crippen molar-refractivity contribution >= 4 is 5.91 Å². The molecule has 24 heavy (non-hydrogen) atoms. The maximum absolute atomic E-state index is 12.5. The third kappa shape index (κ3) is 3.69. The molecule has 2 atom stereocenters. The molecule has 3 rings (SSSR count). The lowest BCUT2D eigenvalue weighted by Gasteiger charge is -2.13. The molecule has 0 bridgehead atoms. The van der Waals surface area contributed by atoms with Gasteiger partial charge in [-0.3, -0.25) is 4.79 Å². The predicted molar refractivity (Wildman–Crippen MR) is 79.0 cm³/mol. The second-order valence-electron chi connectivity index (χ2n) is 5.71. The van der Waals surface area contributed by atoms with E-state index in [9.17, 15) is 18.0 Å². The van der Waals surface area contributed by atoms with Gasteiger partial charge in [-0.15, -0.1) is 13.2 Å². The van der Waals surface area contributed by atoms with Crippen LogP contribution in [-0.2, 0) is 18.4 Å². The van der Waals surface area contributed by atoms with Crippen molar-refractivity contribution < 1.29 is 22.7 Å². The van der Waals surface area contributed by atoms with Crippen LogP contribution in [-0.4, -0.2) is 21.8 Å². The molecule has 1 fully saturated rings. The van der Waals surface area contributed by atoms with Crippen LogP contribution in [0.2, 0.25) is 0 Å². The molecule has 8 heteroatoms. The molecule has 0 radical (unpaired) electrons. The highest BCUT2D eigenvalue weighted by atomic mass is 19.4. The van der Waals surface area contributed by atoms with Crippen LogP contribution in [0.4, 0.5) is 13.2 Å². The monoisotopic (exact) mass is 339 g/mol. The van der Waals surface area contributed by atoms with E-state index in [1.165, 1.54) is 12.1 Å². The molecule has 0 unspecified atom stereocenters. The van der Waals surface area contributed by atoms with E-state index in [0.29, 0.717) is 17.8 Å². The molecule has 0 aliphatic heterocycles. The summed E-state index contributed by atoms with van der Waals surface area (Å²) in [6, 6.07) is 5.95. The summed E-state index contributed by atoms with van der Waals surface area (Å²) in [7, 11) is 1.82. The van der Waals surface area contributed by atoms with Gasteiger partial charge >= 0.3 is 6.36 Å².